The van der Waals surface area contributed by atoms with Crippen LogP contribution in [0.15, 0.2) is 24.3 Å². The molecule has 1 aliphatic rings. The lowest BCUT2D eigenvalue weighted by Crippen LogP contribution is -2.31. The van der Waals surface area contributed by atoms with Crippen molar-refractivity contribution in [3.05, 3.63) is 29.8 Å². The van der Waals surface area contributed by atoms with Crippen LogP contribution in [0.1, 0.15) is 50.4 Å². The van der Waals surface area contributed by atoms with E-state index in [0.29, 0.717) is 12.1 Å². The molecule has 2 unspecified atom stereocenters. The van der Waals surface area contributed by atoms with Crippen molar-refractivity contribution in [3.63, 3.8) is 0 Å². The number of benzene rings is 1. The van der Waals surface area contributed by atoms with Crippen molar-refractivity contribution in [3.8, 4) is 0 Å². The molecular formula is C18H29N3O. The number of rotatable bonds is 7. The molecule has 0 bridgehead atoms. The van der Waals surface area contributed by atoms with Crippen molar-refractivity contribution >= 4 is 11.6 Å². The fourth-order valence-electron chi connectivity index (χ4n) is 3.16. The Labute approximate surface area is 134 Å². The Hall–Kier alpha value is -1.55. The third-order valence-electron chi connectivity index (χ3n) is 4.37. The van der Waals surface area contributed by atoms with Crippen LogP contribution in [-0.2, 0) is 0 Å². The summed E-state index contributed by atoms with van der Waals surface area (Å²) in [6, 6.07) is 8.89. The van der Waals surface area contributed by atoms with E-state index in [1.807, 2.05) is 43.0 Å². The Bertz CT molecular complexity index is 479. The highest BCUT2D eigenvalue weighted by Crippen LogP contribution is 2.17. The van der Waals surface area contributed by atoms with Gasteiger partial charge in [0.2, 0.25) is 0 Å². The Kier molecular flexibility index (Phi) is 6.25. The van der Waals surface area contributed by atoms with Gasteiger partial charge >= 0.3 is 0 Å². The van der Waals surface area contributed by atoms with Gasteiger partial charge in [-0.3, -0.25) is 4.79 Å². The summed E-state index contributed by atoms with van der Waals surface area (Å²) >= 11 is 0. The molecule has 2 rings (SSSR count). The first kappa shape index (κ1) is 16.8. The van der Waals surface area contributed by atoms with Crippen LogP contribution in [0.5, 0.6) is 0 Å². The molecule has 22 heavy (non-hydrogen) atoms. The number of hydrogen-bond acceptors (Lipinski definition) is 3. The summed E-state index contributed by atoms with van der Waals surface area (Å²) in [5, 5.41) is 7.06. The monoisotopic (exact) mass is 303 g/mol. The summed E-state index contributed by atoms with van der Waals surface area (Å²) in [7, 11) is 0. The molecule has 1 aliphatic heterocycles. The predicted molar refractivity (Wildman–Crippen MR) is 92.4 cm³/mol. The molecule has 0 saturated carbocycles. The molecule has 0 spiro atoms. The molecular weight excluding hydrogens is 274 g/mol. The van der Waals surface area contributed by atoms with E-state index in [4.69, 9.17) is 0 Å². The van der Waals surface area contributed by atoms with Crippen molar-refractivity contribution in [2.24, 2.45) is 0 Å². The lowest BCUT2D eigenvalue weighted by molar-refractivity contribution is 0.0773. The Morgan fingerprint density at radius 1 is 1.41 bits per heavy atom. The van der Waals surface area contributed by atoms with Gasteiger partial charge in [-0.15, -0.1) is 0 Å². The summed E-state index contributed by atoms with van der Waals surface area (Å²) < 4.78 is 0. The zero-order valence-corrected chi connectivity index (χ0v) is 14.1. The van der Waals surface area contributed by atoms with Gasteiger partial charge in [-0.2, -0.15) is 0 Å². The van der Waals surface area contributed by atoms with Crippen molar-refractivity contribution in [1.82, 2.24) is 10.2 Å². The summed E-state index contributed by atoms with van der Waals surface area (Å²) in [5.41, 5.74) is 1.79. The molecule has 1 saturated heterocycles. The molecule has 0 aromatic heterocycles. The van der Waals surface area contributed by atoms with Crippen LogP contribution < -0.4 is 10.6 Å². The fraction of sp³-hybridized carbons (Fsp3) is 0.611. The lowest BCUT2D eigenvalue weighted by Gasteiger charge is -2.21. The quantitative estimate of drug-likeness (QED) is 0.813. The number of hydrogen-bond donors (Lipinski definition) is 2. The highest BCUT2D eigenvalue weighted by Gasteiger charge is 2.17. The first-order chi connectivity index (χ1) is 10.6. The van der Waals surface area contributed by atoms with Crippen LogP contribution in [0.2, 0.25) is 0 Å². The second kappa shape index (κ2) is 8.18. The van der Waals surface area contributed by atoms with E-state index in [0.717, 1.165) is 37.3 Å². The fourth-order valence-corrected chi connectivity index (χ4v) is 3.16. The van der Waals surface area contributed by atoms with Crippen LogP contribution in [0, 0.1) is 0 Å². The average molecular weight is 303 g/mol. The molecule has 1 fully saturated rings. The largest absolute Gasteiger partial charge is 0.383 e. The maximum Gasteiger partial charge on any atom is 0.253 e. The summed E-state index contributed by atoms with van der Waals surface area (Å²) in [4.78, 5) is 14.3. The van der Waals surface area contributed by atoms with Gasteiger partial charge in [0.15, 0.2) is 0 Å². The molecule has 1 heterocycles. The average Bonchev–Trinajstić information content (AvgIpc) is 3.01. The molecule has 1 amide bonds. The van der Waals surface area contributed by atoms with Gasteiger partial charge in [-0.25, -0.2) is 0 Å². The minimum atomic E-state index is 0.110. The zero-order valence-electron chi connectivity index (χ0n) is 14.1. The smallest absolute Gasteiger partial charge is 0.253 e. The molecule has 1 aromatic carbocycles. The number of anilines is 1. The van der Waals surface area contributed by atoms with Gasteiger partial charge in [-0.05, 0) is 64.8 Å². The Balaban J connectivity index is 1.96. The molecule has 4 heteroatoms. The lowest BCUT2D eigenvalue weighted by atomic mass is 10.1. The second-order valence-electron chi connectivity index (χ2n) is 6.13. The van der Waals surface area contributed by atoms with E-state index in [1.165, 1.54) is 12.8 Å². The highest BCUT2D eigenvalue weighted by molar-refractivity contribution is 5.95. The van der Waals surface area contributed by atoms with Crippen LogP contribution in [-0.4, -0.2) is 42.5 Å². The summed E-state index contributed by atoms with van der Waals surface area (Å²) in [5.74, 6) is 0.110. The minimum Gasteiger partial charge on any atom is -0.383 e. The summed E-state index contributed by atoms with van der Waals surface area (Å²) in [6.07, 6.45) is 3.67. The molecule has 1 aromatic rings. The van der Waals surface area contributed by atoms with Crippen LogP contribution in [0.25, 0.3) is 0 Å². The van der Waals surface area contributed by atoms with E-state index in [1.54, 1.807) is 0 Å². The molecule has 0 radical (unpaired) electrons. The Morgan fingerprint density at radius 2 is 2.18 bits per heavy atom. The van der Waals surface area contributed by atoms with E-state index in [9.17, 15) is 4.79 Å². The first-order valence-electron chi connectivity index (χ1n) is 8.53. The van der Waals surface area contributed by atoms with E-state index in [2.05, 4.69) is 17.6 Å². The normalized spacial score (nSPS) is 19.0. The third-order valence-corrected chi connectivity index (χ3v) is 4.37. The van der Waals surface area contributed by atoms with E-state index >= 15 is 0 Å². The van der Waals surface area contributed by atoms with Crippen molar-refractivity contribution in [2.75, 3.05) is 25.0 Å². The predicted octanol–water partition coefficient (Wildman–Crippen LogP) is 3.11. The number of nitrogens with one attached hydrogen (secondary N) is 2. The number of carbonyl (C=O) groups excluding carboxylic acids is 1. The van der Waals surface area contributed by atoms with Gasteiger partial charge in [0.1, 0.15) is 0 Å². The van der Waals surface area contributed by atoms with Gasteiger partial charge in [0.05, 0.1) is 0 Å². The van der Waals surface area contributed by atoms with E-state index in [-0.39, 0.29) is 5.91 Å². The van der Waals surface area contributed by atoms with Crippen molar-refractivity contribution in [2.45, 2.75) is 52.1 Å². The number of nitrogens with zero attached hydrogens (tertiary/aromatic N) is 1. The van der Waals surface area contributed by atoms with Gasteiger partial charge < -0.3 is 15.5 Å². The van der Waals surface area contributed by atoms with Crippen LogP contribution >= 0.6 is 0 Å². The van der Waals surface area contributed by atoms with Gasteiger partial charge in [0.25, 0.3) is 5.91 Å². The Morgan fingerprint density at radius 3 is 2.82 bits per heavy atom. The molecule has 4 nitrogen and oxygen atoms in total. The first-order valence-corrected chi connectivity index (χ1v) is 8.53. The third kappa shape index (κ3) is 4.47. The maximum absolute atomic E-state index is 12.4. The van der Waals surface area contributed by atoms with Crippen LogP contribution in [0.3, 0.4) is 0 Å². The van der Waals surface area contributed by atoms with E-state index < -0.39 is 0 Å². The SMILES string of the molecule is CCN(CC)C(=O)c1cccc(NC(C)CC2CCCN2)c1. The number of carbonyl (C=O) groups is 1. The zero-order chi connectivity index (χ0) is 15.9. The molecule has 122 valence electrons. The minimum absolute atomic E-state index is 0.110. The standard InChI is InChI=1S/C18H29N3O/c1-4-21(5-2)18(22)15-8-6-9-17(13-15)20-14(3)12-16-10-7-11-19-16/h6,8-9,13-14,16,19-20H,4-5,7,10-12H2,1-3H3. The van der Waals surface area contributed by atoms with Gasteiger partial charge in [0, 0.05) is 36.4 Å². The van der Waals surface area contributed by atoms with Gasteiger partial charge in [-0.1, -0.05) is 6.07 Å². The molecule has 0 aliphatic carbocycles. The highest BCUT2D eigenvalue weighted by atomic mass is 16.2. The van der Waals surface area contributed by atoms with Crippen molar-refractivity contribution < 1.29 is 4.79 Å². The molecule has 2 atom stereocenters. The van der Waals surface area contributed by atoms with Crippen molar-refractivity contribution in [1.29, 1.82) is 0 Å². The molecule has 2 N–H and O–H groups in total. The number of amides is 1. The maximum atomic E-state index is 12.4. The topological polar surface area (TPSA) is 44.4 Å². The summed E-state index contributed by atoms with van der Waals surface area (Å²) in [6.45, 7) is 8.87. The second-order valence-corrected chi connectivity index (χ2v) is 6.13. The van der Waals surface area contributed by atoms with Crippen LogP contribution in [0.4, 0.5) is 5.69 Å².